The van der Waals surface area contributed by atoms with Crippen molar-refractivity contribution in [2.24, 2.45) is 0 Å². The number of carbonyl (C=O) groups excluding carboxylic acids is 1. The third kappa shape index (κ3) is 3.69. The van der Waals surface area contributed by atoms with E-state index in [0.717, 1.165) is 22.9 Å². The molecule has 30 heavy (non-hydrogen) atoms. The molecule has 1 saturated heterocycles. The molecule has 9 nitrogen and oxygen atoms in total. The third-order valence-corrected chi connectivity index (χ3v) is 5.11. The molecule has 2 aliphatic heterocycles. The van der Waals surface area contributed by atoms with Crippen LogP contribution < -0.4 is 14.4 Å². The van der Waals surface area contributed by atoms with Crippen molar-refractivity contribution >= 4 is 17.8 Å². The Morgan fingerprint density at radius 1 is 1.00 bits per heavy atom. The number of hydrogen-bond donors (Lipinski definition) is 0. The molecular formula is C21H20N6O3. The van der Waals surface area contributed by atoms with E-state index >= 15 is 0 Å². The van der Waals surface area contributed by atoms with E-state index in [1.165, 1.54) is 6.33 Å². The molecule has 0 spiro atoms. The van der Waals surface area contributed by atoms with E-state index in [-0.39, 0.29) is 12.7 Å². The molecule has 4 heterocycles. The average molecular weight is 404 g/mol. The van der Waals surface area contributed by atoms with Gasteiger partial charge in [-0.3, -0.25) is 4.79 Å². The maximum atomic E-state index is 12.6. The fraction of sp³-hybridized carbons (Fsp3) is 0.238. The van der Waals surface area contributed by atoms with Gasteiger partial charge in [-0.1, -0.05) is 6.07 Å². The number of fused-ring (bicyclic) bond motifs is 1. The molecule has 1 amide bonds. The molecule has 0 saturated carbocycles. The topological polar surface area (TPSA) is 85.6 Å². The molecule has 0 bridgehead atoms. The van der Waals surface area contributed by atoms with Gasteiger partial charge in [-0.05, 0) is 29.8 Å². The van der Waals surface area contributed by atoms with Crippen molar-refractivity contribution < 1.29 is 14.3 Å². The molecule has 0 aliphatic carbocycles. The van der Waals surface area contributed by atoms with Gasteiger partial charge in [-0.15, -0.1) is 0 Å². The Bertz CT molecular complexity index is 1070. The number of nitrogens with zero attached hydrogens (tertiary/aromatic N) is 6. The number of hydrogen-bond acceptors (Lipinski definition) is 7. The Kier molecular flexibility index (Phi) is 4.76. The lowest BCUT2D eigenvalue weighted by Crippen LogP contribution is -2.48. The van der Waals surface area contributed by atoms with Crippen LogP contribution in [0.3, 0.4) is 0 Å². The van der Waals surface area contributed by atoms with E-state index in [0.29, 0.717) is 31.9 Å². The van der Waals surface area contributed by atoms with E-state index < -0.39 is 0 Å². The van der Waals surface area contributed by atoms with Gasteiger partial charge >= 0.3 is 0 Å². The van der Waals surface area contributed by atoms with Crippen LogP contribution >= 0.6 is 0 Å². The lowest BCUT2D eigenvalue weighted by atomic mass is 10.2. The summed E-state index contributed by atoms with van der Waals surface area (Å²) >= 11 is 0. The number of ether oxygens (including phenoxy) is 2. The van der Waals surface area contributed by atoms with Crippen molar-refractivity contribution in [3.63, 3.8) is 0 Å². The van der Waals surface area contributed by atoms with E-state index in [2.05, 4.69) is 20.0 Å². The first-order chi connectivity index (χ1) is 14.8. The van der Waals surface area contributed by atoms with Crippen molar-refractivity contribution in [2.75, 3.05) is 37.9 Å². The highest BCUT2D eigenvalue weighted by Gasteiger charge is 2.21. The molecule has 0 radical (unpaired) electrons. The van der Waals surface area contributed by atoms with Gasteiger partial charge < -0.3 is 19.3 Å². The number of carbonyl (C=O) groups is 1. The van der Waals surface area contributed by atoms with Gasteiger partial charge in [0.25, 0.3) is 0 Å². The van der Waals surface area contributed by atoms with Gasteiger partial charge in [0, 0.05) is 50.7 Å². The van der Waals surface area contributed by atoms with E-state index in [9.17, 15) is 4.79 Å². The Morgan fingerprint density at radius 2 is 1.83 bits per heavy atom. The minimum Gasteiger partial charge on any atom is -0.454 e. The lowest BCUT2D eigenvalue weighted by molar-refractivity contribution is -0.126. The van der Waals surface area contributed by atoms with E-state index in [1.54, 1.807) is 23.0 Å². The van der Waals surface area contributed by atoms with Gasteiger partial charge in [0.15, 0.2) is 17.3 Å². The third-order valence-electron chi connectivity index (χ3n) is 5.11. The number of anilines is 1. The molecule has 0 N–H and O–H groups in total. The molecule has 3 aromatic rings. The minimum atomic E-state index is -0.00719. The van der Waals surface area contributed by atoms with Crippen molar-refractivity contribution in [3.8, 4) is 17.3 Å². The van der Waals surface area contributed by atoms with Gasteiger partial charge in [-0.2, -0.15) is 5.10 Å². The largest absolute Gasteiger partial charge is 0.454 e. The van der Waals surface area contributed by atoms with Crippen LogP contribution in [0.15, 0.2) is 55.1 Å². The van der Waals surface area contributed by atoms with Crippen LogP contribution in [0.25, 0.3) is 11.9 Å². The van der Waals surface area contributed by atoms with Crippen molar-refractivity contribution in [1.29, 1.82) is 0 Å². The predicted octanol–water partition coefficient (Wildman–Crippen LogP) is 1.75. The Morgan fingerprint density at radius 3 is 2.67 bits per heavy atom. The second-order valence-electron chi connectivity index (χ2n) is 6.94. The van der Waals surface area contributed by atoms with Crippen LogP contribution in [0, 0.1) is 0 Å². The van der Waals surface area contributed by atoms with Crippen LogP contribution in [0.4, 0.5) is 5.82 Å². The molecule has 2 aromatic heterocycles. The molecular weight excluding hydrogens is 384 g/mol. The average Bonchev–Trinajstić information content (AvgIpc) is 3.49. The minimum absolute atomic E-state index is 0.00719. The molecule has 0 unspecified atom stereocenters. The highest BCUT2D eigenvalue weighted by Crippen LogP contribution is 2.32. The number of aromatic nitrogens is 4. The zero-order chi connectivity index (χ0) is 20.3. The second-order valence-corrected chi connectivity index (χ2v) is 6.94. The second kappa shape index (κ2) is 7.86. The van der Waals surface area contributed by atoms with Crippen LogP contribution in [0.2, 0.25) is 0 Å². The maximum absolute atomic E-state index is 12.6. The fourth-order valence-corrected chi connectivity index (χ4v) is 3.49. The molecule has 0 atom stereocenters. The normalized spacial score (nSPS) is 15.7. The fourth-order valence-electron chi connectivity index (χ4n) is 3.49. The van der Waals surface area contributed by atoms with Crippen LogP contribution in [0.5, 0.6) is 11.5 Å². The van der Waals surface area contributed by atoms with Crippen LogP contribution in [-0.4, -0.2) is 63.5 Å². The molecule has 9 heteroatoms. The van der Waals surface area contributed by atoms with Gasteiger partial charge in [-0.25, -0.2) is 14.6 Å². The summed E-state index contributed by atoms with van der Waals surface area (Å²) in [5.41, 5.74) is 0.901. The summed E-state index contributed by atoms with van der Waals surface area (Å²) in [6.45, 7) is 2.91. The zero-order valence-electron chi connectivity index (χ0n) is 16.2. The SMILES string of the molecule is O=C(/C=C/c1ccc2c(c1)OCO2)N1CCN(c2cc(-n3cccn3)ncn2)CC1. The van der Waals surface area contributed by atoms with Crippen molar-refractivity contribution in [3.05, 3.63) is 60.7 Å². The number of amides is 1. The first kappa shape index (κ1) is 18.2. The molecule has 152 valence electrons. The molecule has 5 rings (SSSR count). The van der Waals surface area contributed by atoms with Gasteiger partial charge in [0.1, 0.15) is 12.1 Å². The first-order valence-electron chi connectivity index (χ1n) is 9.70. The van der Waals surface area contributed by atoms with Crippen LogP contribution in [0.1, 0.15) is 5.56 Å². The Balaban J connectivity index is 1.20. The maximum Gasteiger partial charge on any atom is 0.246 e. The highest BCUT2D eigenvalue weighted by molar-refractivity contribution is 5.92. The Labute approximate surface area is 173 Å². The van der Waals surface area contributed by atoms with E-state index in [1.807, 2.05) is 41.4 Å². The van der Waals surface area contributed by atoms with Crippen molar-refractivity contribution in [1.82, 2.24) is 24.6 Å². The Hall–Kier alpha value is -3.88. The monoisotopic (exact) mass is 404 g/mol. The summed E-state index contributed by atoms with van der Waals surface area (Å²) < 4.78 is 12.4. The number of piperazine rings is 1. The van der Waals surface area contributed by atoms with Crippen LogP contribution in [-0.2, 0) is 4.79 Å². The summed E-state index contributed by atoms with van der Waals surface area (Å²) in [5.74, 6) is 2.98. The highest BCUT2D eigenvalue weighted by atomic mass is 16.7. The van der Waals surface area contributed by atoms with E-state index in [4.69, 9.17) is 9.47 Å². The summed E-state index contributed by atoms with van der Waals surface area (Å²) in [4.78, 5) is 25.2. The summed E-state index contributed by atoms with van der Waals surface area (Å²) in [6.07, 6.45) is 8.50. The molecule has 1 aromatic carbocycles. The standard InChI is InChI=1S/C21H20N6O3/c28-21(5-3-16-2-4-17-18(12-16)30-15-29-17)26-10-8-25(9-11-26)19-13-20(23-14-22-19)27-7-1-6-24-27/h1-7,12-14H,8-11,15H2/b5-3+. The molecule has 1 fully saturated rings. The first-order valence-corrected chi connectivity index (χ1v) is 9.70. The summed E-state index contributed by atoms with van der Waals surface area (Å²) in [5, 5.41) is 4.21. The quantitative estimate of drug-likeness (QED) is 0.613. The van der Waals surface area contributed by atoms with Gasteiger partial charge in [0.2, 0.25) is 12.7 Å². The zero-order valence-corrected chi connectivity index (χ0v) is 16.2. The lowest BCUT2D eigenvalue weighted by Gasteiger charge is -2.34. The summed E-state index contributed by atoms with van der Waals surface area (Å²) in [7, 11) is 0. The molecule has 2 aliphatic rings. The number of rotatable bonds is 4. The predicted molar refractivity (Wildman–Crippen MR) is 110 cm³/mol. The summed E-state index contributed by atoms with van der Waals surface area (Å²) in [6, 6.07) is 9.38. The van der Waals surface area contributed by atoms with Crippen molar-refractivity contribution in [2.45, 2.75) is 0 Å². The smallest absolute Gasteiger partial charge is 0.246 e. The van der Waals surface area contributed by atoms with Gasteiger partial charge in [0.05, 0.1) is 0 Å². The number of benzene rings is 1.